The van der Waals surface area contributed by atoms with Gasteiger partial charge < -0.3 is 0 Å². The predicted molar refractivity (Wildman–Crippen MR) is 556 cm³/mol. The Balaban J connectivity index is 0.000000105. The Morgan fingerprint density at radius 3 is 1.05 bits per heavy atom. The molecular formula is C126H85N7. The number of fused-ring (bicyclic) bond motifs is 22. The number of rotatable bonds is 7. The van der Waals surface area contributed by atoms with Crippen LogP contribution < -0.4 is 0 Å². The van der Waals surface area contributed by atoms with E-state index in [0.29, 0.717) is 0 Å². The first-order chi connectivity index (χ1) is 65.2. The summed E-state index contributed by atoms with van der Waals surface area (Å²) < 4.78 is 0. The molecule has 18 aromatic carbocycles. The molecule has 0 spiro atoms. The van der Waals surface area contributed by atoms with E-state index in [1.54, 1.807) is 0 Å². The van der Waals surface area contributed by atoms with Crippen LogP contribution >= 0.6 is 0 Å². The number of pyridine rings is 7. The molecule has 0 fully saturated rings. The van der Waals surface area contributed by atoms with E-state index < -0.39 is 0 Å². The fourth-order valence-electron chi connectivity index (χ4n) is 22.8. The van der Waals surface area contributed by atoms with Gasteiger partial charge in [-0.3, -0.25) is 15.0 Å². The molecule has 3 aliphatic rings. The third kappa shape index (κ3) is 12.0. The molecule has 0 N–H and O–H groups in total. The first-order valence-corrected chi connectivity index (χ1v) is 46.0. The molecule has 28 rings (SSSR count). The van der Waals surface area contributed by atoms with E-state index >= 15 is 0 Å². The highest BCUT2D eigenvalue weighted by Gasteiger charge is 2.43. The molecule has 0 saturated heterocycles. The summed E-state index contributed by atoms with van der Waals surface area (Å²) in [6, 6.07) is 138. The van der Waals surface area contributed by atoms with Crippen molar-refractivity contribution >= 4 is 130 Å². The molecular weight excluding hydrogens is 1610 g/mol. The Kier molecular flexibility index (Phi) is 17.3. The molecule has 0 amide bonds. The van der Waals surface area contributed by atoms with Gasteiger partial charge >= 0.3 is 0 Å². The van der Waals surface area contributed by atoms with E-state index in [-0.39, 0.29) is 16.2 Å². The van der Waals surface area contributed by atoms with E-state index in [1.807, 2.05) is 43.0 Å². The van der Waals surface area contributed by atoms with Gasteiger partial charge in [-0.2, -0.15) is 0 Å². The van der Waals surface area contributed by atoms with Gasteiger partial charge in [0.1, 0.15) is 0 Å². The molecule has 3 aliphatic carbocycles. The molecule has 0 aliphatic heterocycles. The fraction of sp³-hybridized carbons (Fsp3) is 0.0714. The van der Waals surface area contributed by atoms with Crippen LogP contribution in [0.1, 0.15) is 74.9 Å². The van der Waals surface area contributed by atoms with Gasteiger partial charge in [-0.15, -0.1) is 0 Å². The number of benzene rings is 18. The first-order valence-electron chi connectivity index (χ1n) is 46.0. The Morgan fingerprint density at radius 1 is 0.203 bits per heavy atom. The summed E-state index contributed by atoms with van der Waals surface area (Å²) in [4.78, 5) is 35.1. The highest BCUT2D eigenvalue weighted by molar-refractivity contribution is 6.28. The van der Waals surface area contributed by atoms with Crippen molar-refractivity contribution in [3.8, 4) is 112 Å². The van der Waals surface area contributed by atoms with E-state index in [0.717, 1.165) is 88.7 Å². The molecule has 0 saturated carbocycles. The Morgan fingerprint density at radius 2 is 0.571 bits per heavy atom. The predicted octanol–water partition coefficient (Wildman–Crippen LogP) is 32.7. The van der Waals surface area contributed by atoms with Crippen LogP contribution in [0.3, 0.4) is 0 Å². The molecule has 0 bridgehead atoms. The summed E-state index contributed by atoms with van der Waals surface area (Å²) in [7, 11) is 0. The van der Waals surface area contributed by atoms with Crippen molar-refractivity contribution in [3.63, 3.8) is 0 Å². The van der Waals surface area contributed by atoms with Crippen LogP contribution in [0.15, 0.2) is 407 Å². The van der Waals surface area contributed by atoms with Gasteiger partial charge in [0.25, 0.3) is 0 Å². The molecule has 0 unspecified atom stereocenters. The van der Waals surface area contributed by atoms with Crippen LogP contribution in [0, 0.1) is 0 Å². The summed E-state index contributed by atoms with van der Waals surface area (Å²) in [6.45, 7) is 14.1. The minimum Gasteiger partial charge on any atom is -0.264 e. The van der Waals surface area contributed by atoms with Gasteiger partial charge in [0.15, 0.2) is 0 Å². The van der Waals surface area contributed by atoms with E-state index in [4.69, 9.17) is 19.9 Å². The average molecular weight is 1700 g/mol. The number of aromatic nitrogens is 7. The van der Waals surface area contributed by atoms with E-state index in [9.17, 15) is 0 Å². The van der Waals surface area contributed by atoms with Crippen molar-refractivity contribution in [2.75, 3.05) is 0 Å². The standard InChI is InChI=1S/C49H32N2.C40H27N3.C37H26N2/c1-49(2)42-12-6-5-11-40(42)48-46(49)45(41-26-17-29-8-3-4-10-37(29)47(41)51-48)33-15-13-30(14-16-33)35-22-18-31-21-25-39-36(34-9-7-27-50-28-34)23-19-32-20-24-38(35)43(31)44(32)39;1-40(2)32-12-6-5-11-30(32)39-35(40)34(31-21-19-24-8-3-4-10-29(24)38(31)43-39)26-15-13-25(14-16-26)33-22-20-28-18-17-27-9-7-23-41-36(27)37(28)42-33;1-37(2)31-13-7-6-12-29(31)36-34(37)33(30-20-19-24-9-3-5-11-28(24)35(30)39-36)25-17-15-23(16-18-25)27-21-26-10-4-8-14-32(26)38-22-27/h3-28H,1-2H3;3-23H,1-2H3;3-22H,1-2H3. The third-order valence-electron chi connectivity index (χ3n) is 29.2. The second-order valence-corrected chi connectivity index (χ2v) is 37.6. The van der Waals surface area contributed by atoms with Crippen LogP contribution in [0.5, 0.6) is 0 Å². The highest BCUT2D eigenvalue weighted by Crippen LogP contribution is 2.58. The summed E-state index contributed by atoms with van der Waals surface area (Å²) in [5.41, 5.74) is 37.1. The minimum atomic E-state index is -0.187. The maximum Gasteiger partial charge on any atom is 0.0972 e. The summed E-state index contributed by atoms with van der Waals surface area (Å²) in [5.74, 6) is 0. The zero-order chi connectivity index (χ0) is 88.7. The van der Waals surface area contributed by atoms with Gasteiger partial charge in [-0.25, -0.2) is 19.9 Å². The summed E-state index contributed by atoms with van der Waals surface area (Å²) in [6.07, 6.45) is 7.61. The molecule has 0 radical (unpaired) electrons. The second-order valence-electron chi connectivity index (χ2n) is 37.6. The molecule has 0 atom stereocenters. The van der Waals surface area contributed by atoms with Crippen molar-refractivity contribution in [1.29, 1.82) is 0 Å². The SMILES string of the molecule is CC1(C)c2ccccc2-c2nc3c(ccc4ccccc43)c(-c3ccc(-c4ccc5ccc6c(-c7cccnc7)ccc7ccc4c5c76)cc3)c21.CC1(C)c2ccccc2-c2nc3c(ccc4ccccc43)c(-c3ccc(-c4ccc5ccc6cccnc6c5n4)cc3)c21.CC1(C)c2ccccc2-c2nc3c(ccc4ccccc43)c(-c3ccc(-c4cnc5ccccc5c4)cc3)c21. The van der Waals surface area contributed by atoms with Gasteiger partial charge in [-0.1, -0.05) is 393 Å². The zero-order valence-corrected chi connectivity index (χ0v) is 74.3. The lowest BCUT2D eigenvalue weighted by molar-refractivity contribution is 0.661. The second kappa shape index (κ2) is 29.7. The number of hydrogen-bond donors (Lipinski definition) is 0. The largest absolute Gasteiger partial charge is 0.264 e. The van der Waals surface area contributed by atoms with E-state index in [2.05, 4.69) is 420 Å². The Bertz CT molecular complexity index is 9210. The fourth-order valence-corrected chi connectivity index (χ4v) is 22.8. The highest BCUT2D eigenvalue weighted by atomic mass is 14.8. The minimum absolute atomic E-state index is 0.158. The molecule has 624 valence electrons. The number of hydrogen-bond acceptors (Lipinski definition) is 7. The summed E-state index contributed by atoms with van der Waals surface area (Å²) in [5, 5.41) is 21.9. The third-order valence-corrected chi connectivity index (χ3v) is 29.2. The smallest absolute Gasteiger partial charge is 0.0972 e. The normalized spacial score (nSPS) is 13.5. The topological polar surface area (TPSA) is 90.2 Å². The van der Waals surface area contributed by atoms with Gasteiger partial charge in [0.2, 0.25) is 0 Å². The maximum atomic E-state index is 5.47. The van der Waals surface area contributed by atoms with Crippen LogP contribution in [0.4, 0.5) is 0 Å². The number of para-hydroxylation sites is 1. The average Bonchev–Trinajstić information content (AvgIpc) is 1.54. The van der Waals surface area contributed by atoms with Gasteiger partial charge in [0, 0.05) is 123 Å². The lowest BCUT2D eigenvalue weighted by atomic mass is 9.78. The van der Waals surface area contributed by atoms with Crippen LogP contribution in [0.25, 0.3) is 242 Å². The molecule has 7 heterocycles. The van der Waals surface area contributed by atoms with Crippen molar-refractivity contribution in [3.05, 3.63) is 440 Å². The quantitative estimate of drug-likeness (QED) is 0.147. The van der Waals surface area contributed by atoms with E-state index in [1.165, 1.54) is 186 Å². The van der Waals surface area contributed by atoms with Crippen LogP contribution in [0.2, 0.25) is 0 Å². The van der Waals surface area contributed by atoms with Crippen LogP contribution in [-0.2, 0) is 16.2 Å². The van der Waals surface area contributed by atoms with Crippen molar-refractivity contribution in [2.24, 2.45) is 0 Å². The van der Waals surface area contributed by atoms with Crippen molar-refractivity contribution < 1.29 is 0 Å². The summed E-state index contributed by atoms with van der Waals surface area (Å²) >= 11 is 0. The molecule has 133 heavy (non-hydrogen) atoms. The number of nitrogens with zero attached hydrogens (tertiary/aromatic N) is 7. The first kappa shape index (κ1) is 77.5. The monoisotopic (exact) mass is 1700 g/mol. The van der Waals surface area contributed by atoms with Gasteiger partial charge in [-0.05, 0) is 168 Å². The Labute approximate surface area is 769 Å². The zero-order valence-electron chi connectivity index (χ0n) is 74.3. The molecule has 7 aromatic heterocycles. The van der Waals surface area contributed by atoms with Crippen molar-refractivity contribution in [1.82, 2.24) is 34.9 Å². The Hall–Kier alpha value is -16.6. The lowest BCUT2D eigenvalue weighted by Gasteiger charge is -2.25. The van der Waals surface area contributed by atoms with Gasteiger partial charge in [0.05, 0.1) is 55.9 Å². The molecule has 25 aromatic rings. The van der Waals surface area contributed by atoms with Crippen LogP contribution in [-0.4, -0.2) is 34.9 Å². The molecule has 7 nitrogen and oxygen atoms in total. The molecule has 7 heteroatoms. The maximum absolute atomic E-state index is 5.47. The van der Waals surface area contributed by atoms with Crippen molar-refractivity contribution in [2.45, 2.75) is 57.8 Å². The lowest BCUT2D eigenvalue weighted by Crippen LogP contribution is -2.16.